The van der Waals surface area contributed by atoms with Gasteiger partial charge in [-0.2, -0.15) is 0 Å². The van der Waals surface area contributed by atoms with Crippen molar-refractivity contribution in [3.05, 3.63) is 39.7 Å². The summed E-state index contributed by atoms with van der Waals surface area (Å²) in [4.78, 5) is 4.34. The summed E-state index contributed by atoms with van der Waals surface area (Å²) in [7, 11) is 0. The molecule has 1 heterocycles. The Morgan fingerprint density at radius 3 is 2.72 bits per heavy atom. The Morgan fingerprint density at radius 2 is 2.06 bits per heavy atom. The van der Waals surface area contributed by atoms with Crippen molar-refractivity contribution in [1.29, 1.82) is 0 Å². The summed E-state index contributed by atoms with van der Waals surface area (Å²) < 4.78 is 14.7. The van der Waals surface area contributed by atoms with Crippen LogP contribution in [0, 0.1) is 5.82 Å². The minimum Gasteiger partial charge on any atom is -0.398 e. The van der Waals surface area contributed by atoms with Crippen LogP contribution in [0.1, 0.15) is 0 Å². The topological polar surface area (TPSA) is 64.9 Å². The highest BCUT2D eigenvalue weighted by atomic mass is 79.9. The molecule has 0 aliphatic rings. The molecule has 0 fully saturated rings. The number of rotatable bonds is 2. The Balaban J connectivity index is 2.47. The summed E-state index contributed by atoms with van der Waals surface area (Å²) >= 11 is 10.2. The van der Waals surface area contributed by atoms with E-state index in [-0.39, 0.29) is 21.3 Å². The van der Waals surface area contributed by atoms with Crippen molar-refractivity contribution in [2.75, 3.05) is 11.5 Å². The van der Waals surface area contributed by atoms with E-state index in [1.54, 1.807) is 12.3 Å². The molecule has 0 amide bonds. The van der Waals surface area contributed by atoms with Gasteiger partial charge < -0.3 is 11.5 Å². The highest BCUT2D eigenvalue weighted by Crippen LogP contribution is 2.40. The molecule has 0 saturated heterocycles. The molecular weight excluding hydrogens is 341 g/mol. The van der Waals surface area contributed by atoms with Crippen LogP contribution in [0.15, 0.2) is 38.8 Å². The van der Waals surface area contributed by atoms with Gasteiger partial charge in [-0.05, 0) is 34.1 Å². The Hall–Kier alpha value is -0.980. The minimum atomic E-state index is -0.628. The lowest BCUT2D eigenvalue weighted by molar-refractivity contribution is 0.604. The molecule has 1 aromatic carbocycles. The zero-order chi connectivity index (χ0) is 13.3. The first-order valence-electron chi connectivity index (χ1n) is 4.82. The second-order valence-corrected chi connectivity index (χ2v) is 5.64. The van der Waals surface area contributed by atoms with Crippen molar-refractivity contribution < 1.29 is 4.39 Å². The highest BCUT2D eigenvalue weighted by molar-refractivity contribution is 9.10. The van der Waals surface area contributed by atoms with Gasteiger partial charge in [0, 0.05) is 6.20 Å². The van der Waals surface area contributed by atoms with Gasteiger partial charge in [-0.15, -0.1) is 0 Å². The molecule has 0 aliphatic heterocycles. The zero-order valence-electron chi connectivity index (χ0n) is 8.95. The first kappa shape index (κ1) is 13.5. The lowest BCUT2D eigenvalue weighted by Crippen LogP contribution is -1.98. The predicted molar refractivity (Wildman–Crippen MR) is 76.3 cm³/mol. The summed E-state index contributed by atoms with van der Waals surface area (Å²) in [5.74, 6) is -0.628. The van der Waals surface area contributed by atoms with Crippen molar-refractivity contribution in [3.63, 3.8) is 0 Å². The minimum absolute atomic E-state index is 0.121. The fraction of sp³-hybridized carbons (Fsp3) is 0. The first-order valence-corrected chi connectivity index (χ1v) is 6.80. The average molecular weight is 349 g/mol. The smallest absolute Gasteiger partial charge is 0.159 e. The average Bonchev–Trinajstić information content (AvgIpc) is 2.34. The van der Waals surface area contributed by atoms with E-state index < -0.39 is 5.82 Å². The maximum Gasteiger partial charge on any atom is 0.159 e. The van der Waals surface area contributed by atoms with E-state index in [1.165, 1.54) is 6.07 Å². The summed E-state index contributed by atoms with van der Waals surface area (Å²) in [6.07, 6.45) is 1.61. The van der Waals surface area contributed by atoms with Gasteiger partial charge in [0.2, 0.25) is 0 Å². The molecule has 0 spiro atoms. The van der Waals surface area contributed by atoms with Gasteiger partial charge in [0.25, 0.3) is 0 Å². The molecule has 0 unspecified atom stereocenters. The SMILES string of the molecule is Nc1cc(N)c(Sc2ncccc2Br)c(F)c1Cl. The van der Waals surface area contributed by atoms with E-state index in [0.29, 0.717) is 5.03 Å². The fourth-order valence-corrected chi connectivity index (χ4v) is 2.84. The molecule has 18 heavy (non-hydrogen) atoms. The molecule has 0 saturated carbocycles. The standard InChI is InChI=1S/C11H8BrClFN3S/c12-5-2-1-3-17-11(5)18-10-7(16)4-6(15)8(13)9(10)14/h1-4H,15-16H2. The molecule has 0 bridgehead atoms. The van der Waals surface area contributed by atoms with Crippen molar-refractivity contribution in [2.24, 2.45) is 0 Å². The van der Waals surface area contributed by atoms with E-state index in [2.05, 4.69) is 20.9 Å². The zero-order valence-corrected chi connectivity index (χ0v) is 12.1. The number of anilines is 2. The van der Waals surface area contributed by atoms with Crippen LogP contribution in [-0.2, 0) is 0 Å². The highest BCUT2D eigenvalue weighted by Gasteiger charge is 2.16. The van der Waals surface area contributed by atoms with Gasteiger partial charge in [-0.25, -0.2) is 9.37 Å². The number of benzene rings is 1. The van der Waals surface area contributed by atoms with Crippen molar-refractivity contribution in [1.82, 2.24) is 4.98 Å². The Kier molecular flexibility index (Phi) is 3.99. The molecule has 3 nitrogen and oxygen atoms in total. The summed E-state index contributed by atoms with van der Waals surface area (Å²) in [5, 5.41) is 0.475. The van der Waals surface area contributed by atoms with Gasteiger partial charge in [0.05, 0.1) is 20.7 Å². The number of nitrogens with zero attached hydrogens (tertiary/aromatic N) is 1. The lowest BCUT2D eigenvalue weighted by atomic mass is 10.3. The van der Waals surface area contributed by atoms with Gasteiger partial charge in [0.15, 0.2) is 5.82 Å². The molecule has 2 rings (SSSR count). The molecule has 7 heteroatoms. The van der Waals surface area contributed by atoms with Gasteiger partial charge in [-0.3, -0.25) is 0 Å². The summed E-state index contributed by atoms with van der Waals surface area (Å²) in [6, 6.07) is 5.01. The molecule has 0 radical (unpaired) electrons. The maximum atomic E-state index is 14.0. The first-order chi connectivity index (χ1) is 8.50. The number of pyridine rings is 1. The monoisotopic (exact) mass is 347 g/mol. The van der Waals surface area contributed by atoms with Crippen LogP contribution >= 0.6 is 39.3 Å². The van der Waals surface area contributed by atoms with Gasteiger partial charge >= 0.3 is 0 Å². The number of hydrogen-bond acceptors (Lipinski definition) is 4. The number of nitrogen functional groups attached to an aromatic ring is 2. The van der Waals surface area contributed by atoms with Crippen molar-refractivity contribution in [2.45, 2.75) is 9.92 Å². The van der Waals surface area contributed by atoms with E-state index in [9.17, 15) is 4.39 Å². The lowest BCUT2D eigenvalue weighted by Gasteiger charge is -2.10. The second kappa shape index (κ2) is 5.34. The number of hydrogen-bond donors (Lipinski definition) is 2. The van der Waals surface area contributed by atoms with Crippen LogP contribution in [0.5, 0.6) is 0 Å². The van der Waals surface area contributed by atoms with E-state index in [4.69, 9.17) is 23.1 Å². The quantitative estimate of drug-likeness (QED) is 0.807. The van der Waals surface area contributed by atoms with Crippen LogP contribution < -0.4 is 11.5 Å². The number of halogens is 3. The van der Waals surface area contributed by atoms with Crippen LogP contribution in [0.2, 0.25) is 5.02 Å². The van der Waals surface area contributed by atoms with E-state index in [1.807, 2.05) is 6.07 Å². The third kappa shape index (κ3) is 2.55. The van der Waals surface area contributed by atoms with E-state index in [0.717, 1.165) is 16.2 Å². The van der Waals surface area contributed by atoms with Crippen molar-refractivity contribution >= 4 is 50.7 Å². The molecular formula is C11H8BrClFN3S. The second-order valence-electron chi connectivity index (χ2n) is 3.40. The van der Waals surface area contributed by atoms with Gasteiger partial charge in [0.1, 0.15) is 10.0 Å². The van der Waals surface area contributed by atoms with Crippen LogP contribution in [0.3, 0.4) is 0 Å². The third-order valence-electron chi connectivity index (χ3n) is 2.14. The molecule has 94 valence electrons. The Bertz CT molecular complexity index is 609. The molecule has 0 atom stereocenters. The van der Waals surface area contributed by atoms with Crippen molar-refractivity contribution in [3.8, 4) is 0 Å². The van der Waals surface area contributed by atoms with Crippen LogP contribution in [0.4, 0.5) is 15.8 Å². The molecule has 2 aromatic rings. The normalized spacial score (nSPS) is 10.6. The third-order valence-corrected chi connectivity index (χ3v) is 4.57. The van der Waals surface area contributed by atoms with Gasteiger partial charge in [-0.1, -0.05) is 23.4 Å². The Morgan fingerprint density at radius 1 is 1.33 bits per heavy atom. The number of nitrogens with two attached hydrogens (primary N) is 2. The molecule has 1 aromatic heterocycles. The fourth-order valence-electron chi connectivity index (χ4n) is 1.30. The Labute approximate surface area is 121 Å². The maximum absolute atomic E-state index is 14.0. The number of aromatic nitrogens is 1. The summed E-state index contributed by atoms with van der Waals surface area (Å²) in [6.45, 7) is 0. The van der Waals surface area contributed by atoms with Crippen LogP contribution in [-0.4, -0.2) is 4.98 Å². The van der Waals surface area contributed by atoms with Crippen LogP contribution in [0.25, 0.3) is 0 Å². The summed E-state index contributed by atoms with van der Waals surface area (Å²) in [5.41, 5.74) is 11.6. The molecule has 4 N–H and O–H groups in total. The largest absolute Gasteiger partial charge is 0.398 e. The van der Waals surface area contributed by atoms with E-state index >= 15 is 0 Å². The molecule has 0 aliphatic carbocycles. The predicted octanol–water partition coefficient (Wildman–Crippen LogP) is 3.95.